The van der Waals surface area contributed by atoms with Crippen molar-refractivity contribution in [2.24, 2.45) is 15.7 Å². The molecular formula is C8H13N5O. The Bertz CT molecular complexity index is 303. The van der Waals surface area contributed by atoms with Gasteiger partial charge in [0.05, 0.1) is 6.42 Å². The topological polar surface area (TPSA) is 83.1 Å². The molecule has 0 saturated carbocycles. The number of nitrogens with two attached hydrogens (primary N) is 1. The van der Waals surface area contributed by atoms with Gasteiger partial charge in [-0.25, -0.2) is 0 Å². The van der Waals surface area contributed by atoms with Crippen molar-refractivity contribution < 1.29 is 4.79 Å². The Morgan fingerprint density at radius 1 is 1.29 bits per heavy atom. The van der Waals surface area contributed by atoms with E-state index in [0.717, 1.165) is 32.0 Å². The predicted molar refractivity (Wildman–Crippen MR) is 53.1 cm³/mol. The highest BCUT2D eigenvalue weighted by molar-refractivity contribution is 6.12. The summed E-state index contributed by atoms with van der Waals surface area (Å²) in [5.74, 6) is 0.629. The fraction of sp³-hybridized carbons (Fsp3) is 0.625. The molecule has 0 aromatic rings. The monoisotopic (exact) mass is 195 g/mol. The van der Waals surface area contributed by atoms with Crippen molar-refractivity contribution in [2.75, 3.05) is 26.2 Å². The standard InChI is InChI=1S/C8H13N5O/c9-8-11-6(5-7(14)12-8)13-3-1-10-2-4-13/h10H,1-5H2,(H2,9,12,14). The molecule has 3 N–H and O–H groups in total. The first-order valence-corrected chi connectivity index (χ1v) is 4.66. The molecule has 0 aromatic heterocycles. The maximum atomic E-state index is 11.1. The van der Waals surface area contributed by atoms with Crippen molar-refractivity contribution in [2.45, 2.75) is 6.42 Å². The molecule has 14 heavy (non-hydrogen) atoms. The lowest BCUT2D eigenvalue weighted by atomic mass is 10.2. The summed E-state index contributed by atoms with van der Waals surface area (Å²) in [5, 5.41) is 3.23. The fourth-order valence-electron chi connectivity index (χ4n) is 1.60. The van der Waals surface area contributed by atoms with E-state index < -0.39 is 0 Å². The second-order valence-electron chi connectivity index (χ2n) is 3.31. The van der Waals surface area contributed by atoms with Crippen LogP contribution in [0, 0.1) is 0 Å². The van der Waals surface area contributed by atoms with Crippen molar-refractivity contribution in [1.82, 2.24) is 10.2 Å². The fourth-order valence-corrected chi connectivity index (χ4v) is 1.60. The highest BCUT2D eigenvalue weighted by atomic mass is 16.1. The summed E-state index contributed by atoms with van der Waals surface area (Å²) in [4.78, 5) is 20.8. The minimum Gasteiger partial charge on any atom is -0.368 e. The van der Waals surface area contributed by atoms with Crippen molar-refractivity contribution in [3.05, 3.63) is 0 Å². The Morgan fingerprint density at radius 3 is 2.64 bits per heavy atom. The van der Waals surface area contributed by atoms with E-state index in [0.29, 0.717) is 0 Å². The Labute approximate surface area is 81.9 Å². The number of aliphatic imine (C=N–C) groups is 2. The van der Waals surface area contributed by atoms with Crippen LogP contribution in [0.3, 0.4) is 0 Å². The van der Waals surface area contributed by atoms with E-state index in [1.165, 1.54) is 0 Å². The molecule has 6 nitrogen and oxygen atoms in total. The Balaban J connectivity index is 2.09. The molecule has 0 unspecified atom stereocenters. The molecule has 0 aliphatic carbocycles. The molecule has 0 bridgehead atoms. The summed E-state index contributed by atoms with van der Waals surface area (Å²) in [6, 6.07) is 0. The lowest BCUT2D eigenvalue weighted by molar-refractivity contribution is -0.116. The van der Waals surface area contributed by atoms with Crippen molar-refractivity contribution >= 4 is 17.7 Å². The van der Waals surface area contributed by atoms with Crippen LogP contribution in [0.25, 0.3) is 0 Å². The first-order valence-electron chi connectivity index (χ1n) is 4.66. The molecule has 1 amide bonds. The molecule has 76 valence electrons. The highest BCUT2D eigenvalue weighted by Crippen LogP contribution is 2.05. The highest BCUT2D eigenvalue weighted by Gasteiger charge is 2.20. The zero-order valence-corrected chi connectivity index (χ0v) is 7.86. The number of rotatable bonds is 0. The predicted octanol–water partition coefficient (Wildman–Crippen LogP) is -1.46. The third-order valence-corrected chi connectivity index (χ3v) is 2.27. The average Bonchev–Trinajstić information content (AvgIpc) is 2.18. The minimum absolute atomic E-state index is 0.0785. The second kappa shape index (κ2) is 3.75. The van der Waals surface area contributed by atoms with E-state index in [9.17, 15) is 4.79 Å². The van der Waals surface area contributed by atoms with Gasteiger partial charge in [0.15, 0.2) is 0 Å². The van der Waals surface area contributed by atoms with Crippen LogP contribution in [0.5, 0.6) is 0 Å². The molecule has 2 rings (SSSR count). The zero-order chi connectivity index (χ0) is 9.97. The van der Waals surface area contributed by atoms with E-state index in [1.807, 2.05) is 0 Å². The summed E-state index contributed by atoms with van der Waals surface area (Å²) in [5.41, 5.74) is 5.42. The first-order chi connectivity index (χ1) is 6.75. The first kappa shape index (κ1) is 9.14. The molecule has 1 saturated heterocycles. The largest absolute Gasteiger partial charge is 0.368 e. The quantitative estimate of drug-likeness (QED) is 0.494. The van der Waals surface area contributed by atoms with Gasteiger partial charge in [0.25, 0.3) is 5.91 Å². The van der Waals surface area contributed by atoms with Gasteiger partial charge in [-0.1, -0.05) is 0 Å². The third-order valence-electron chi connectivity index (χ3n) is 2.27. The van der Waals surface area contributed by atoms with Crippen LogP contribution in [0.2, 0.25) is 0 Å². The van der Waals surface area contributed by atoms with Crippen LogP contribution < -0.4 is 11.1 Å². The maximum absolute atomic E-state index is 11.1. The van der Waals surface area contributed by atoms with Crippen molar-refractivity contribution in [3.63, 3.8) is 0 Å². The normalized spacial score (nSPS) is 23.1. The summed E-state index contributed by atoms with van der Waals surface area (Å²) in [6.07, 6.45) is 0.278. The van der Waals surface area contributed by atoms with Gasteiger partial charge in [0, 0.05) is 26.2 Å². The molecule has 2 aliphatic heterocycles. The number of amidine groups is 1. The SMILES string of the molecule is NC1=NC(=O)CC(N2CCNCC2)=N1. The number of guanidine groups is 1. The second-order valence-corrected chi connectivity index (χ2v) is 3.31. The lowest BCUT2D eigenvalue weighted by Gasteiger charge is -2.30. The number of carbonyl (C=O) groups is 1. The van der Waals surface area contributed by atoms with Crippen molar-refractivity contribution in [1.29, 1.82) is 0 Å². The maximum Gasteiger partial charge on any atom is 0.256 e. The Morgan fingerprint density at radius 2 is 2.00 bits per heavy atom. The number of piperazine rings is 1. The van der Waals surface area contributed by atoms with Crippen LogP contribution >= 0.6 is 0 Å². The summed E-state index contributed by atoms with van der Waals surface area (Å²) in [6.45, 7) is 3.59. The molecule has 0 aromatic carbocycles. The van der Waals surface area contributed by atoms with Gasteiger partial charge in [-0.15, -0.1) is 0 Å². The molecular weight excluding hydrogens is 182 g/mol. The Kier molecular flexibility index (Phi) is 2.45. The summed E-state index contributed by atoms with van der Waals surface area (Å²) >= 11 is 0. The summed E-state index contributed by atoms with van der Waals surface area (Å²) < 4.78 is 0. The number of amides is 1. The number of hydrogen-bond donors (Lipinski definition) is 2. The van der Waals surface area contributed by atoms with Gasteiger partial charge in [0.1, 0.15) is 5.84 Å². The van der Waals surface area contributed by atoms with Gasteiger partial charge >= 0.3 is 0 Å². The van der Waals surface area contributed by atoms with E-state index in [1.54, 1.807) is 0 Å². The van der Waals surface area contributed by atoms with Crippen LogP contribution in [-0.4, -0.2) is 48.8 Å². The Hall–Kier alpha value is -1.43. The molecule has 2 heterocycles. The van der Waals surface area contributed by atoms with Crippen molar-refractivity contribution in [3.8, 4) is 0 Å². The van der Waals surface area contributed by atoms with Crippen LogP contribution in [0.15, 0.2) is 9.98 Å². The van der Waals surface area contributed by atoms with Crippen LogP contribution in [0.4, 0.5) is 0 Å². The lowest BCUT2D eigenvalue weighted by Crippen LogP contribution is -2.48. The van der Waals surface area contributed by atoms with E-state index >= 15 is 0 Å². The smallest absolute Gasteiger partial charge is 0.256 e. The number of hydrogen-bond acceptors (Lipinski definition) is 5. The van der Waals surface area contributed by atoms with Crippen LogP contribution in [0.1, 0.15) is 6.42 Å². The molecule has 0 radical (unpaired) electrons. The number of carbonyl (C=O) groups excluding carboxylic acids is 1. The molecule has 2 aliphatic rings. The minimum atomic E-state index is -0.203. The van der Waals surface area contributed by atoms with Gasteiger partial charge < -0.3 is 16.0 Å². The average molecular weight is 195 g/mol. The number of nitrogens with zero attached hydrogens (tertiary/aromatic N) is 3. The van der Waals surface area contributed by atoms with Gasteiger partial charge in [-0.05, 0) is 0 Å². The zero-order valence-electron chi connectivity index (χ0n) is 7.86. The van der Waals surface area contributed by atoms with E-state index in [-0.39, 0.29) is 18.3 Å². The summed E-state index contributed by atoms with van der Waals surface area (Å²) in [7, 11) is 0. The molecule has 0 spiro atoms. The molecule has 0 atom stereocenters. The van der Waals surface area contributed by atoms with Gasteiger partial charge in [-0.2, -0.15) is 9.98 Å². The van der Waals surface area contributed by atoms with Gasteiger partial charge in [0.2, 0.25) is 5.96 Å². The third kappa shape index (κ3) is 1.90. The number of nitrogens with one attached hydrogen (secondary N) is 1. The molecule has 1 fully saturated rings. The van der Waals surface area contributed by atoms with Crippen LogP contribution in [-0.2, 0) is 4.79 Å². The van der Waals surface area contributed by atoms with E-state index in [4.69, 9.17) is 5.73 Å². The van der Waals surface area contributed by atoms with E-state index in [2.05, 4.69) is 20.2 Å². The molecule has 6 heteroatoms. The van der Waals surface area contributed by atoms with Gasteiger partial charge in [-0.3, -0.25) is 4.79 Å².